The van der Waals surface area contributed by atoms with Crippen molar-refractivity contribution in [2.75, 3.05) is 26.2 Å². The van der Waals surface area contributed by atoms with Crippen LogP contribution in [0.4, 0.5) is 0 Å². The number of benzene rings is 2. The molecule has 0 aromatic heterocycles. The number of ether oxygens (including phenoxy) is 1. The Kier molecular flexibility index (Phi) is 8.76. The highest BCUT2D eigenvalue weighted by Gasteiger charge is 2.18. The van der Waals surface area contributed by atoms with Gasteiger partial charge in [-0.2, -0.15) is 0 Å². The first-order valence-corrected chi connectivity index (χ1v) is 8.42. The van der Waals surface area contributed by atoms with E-state index in [-0.39, 0.29) is 30.3 Å². The number of halogens is 2. The van der Waals surface area contributed by atoms with E-state index in [1.54, 1.807) is 6.07 Å². The van der Waals surface area contributed by atoms with E-state index in [9.17, 15) is 9.90 Å². The van der Waals surface area contributed by atoms with Gasteiger partial charge in [-0.25, -0.2) is 4.79 Å². The lowest BCUT2D eigenvalue weighted by molar-refractivity contribution is 0.0463. The van der Waals surface area contributed by atoms with Crippen molar-refractivity contribution < 1.29 is 14.6 Å². The van der Waals surface area contributed by atoms with Crippen molar-refractivity contribution in [3.8, 4) is 16.9 Å². The second kappa shape index (κ2) is 10.3. The average Bonchev–Trinajstić information content (AvgIpc) is 2.61. The average molecular weight is 384 g/mol. The van der Waals surface area contributed by atoms with Crippen LogP contribution in [0.3, 0.4) is 0 Å². The number of hydrogen-bond acceptors (Lipinski definition) is 4. The summed E-state index contributed by atoms with van der Waals surface area (Å²) in [5, 5.41) is 10.8. The molecule has 136 valence electrons. The zero-order chi connectivity index (χ0) is 17.5. The maximum absolute atomic E-state index is 12.3. The molecule has 0 saturated carbocycles. The van der Waals surface area contributed by atoms with Crippen molar-refractivity contribution in [2.24, 2.45) is 0 Å². The van der Waals surface area contributed by atoms with Crippen molar-refractivity contribution in [1.29, 1.82) is 0 Å². The van der Waals surface area contributed by atoms with Gasteiger partial charge in [0.2, 0.25) is 0 Å². The molecule has 0 saturated heterocycles. The monoisotopic (exact) mass is 383 g/mol. The van der Waals surface area contributed by atoms with Crippen LogP contribution in [0.2, 0.25) is 5.02 Å². The Balaban J connectivity index is 0.00000312. The summed E-state index contributed by atoms with van der Waals surface area (Å²) in [5.41, 5.74) is 1.38. The fourth-order valence-electron chi connectivity index (χ4n) is 2.48. The predicted molar refractivity (Wildman–Crippen MR) is 104 cm³/mol. The van der Waals surface area contributed by atoms with Gasteiger partial charge < -0.3 is 14.7 Å². The molecule has 2 aromatic rings. The second-order valence-corrected chi connectivity index (χ2v) is 5.81. The summed E-state index contributed by atoms with van der Waals surface area (Å²) >= 11 is 6.12. The summed E-state index contributed by atoms with van der Waals surface area (Å²) in [6.45, 7) is 6.84. The Hall–Kier alpha value is -1.75. The largest absolute Gasteiger partial charge is 0.506 e. The summed E-state index contributed by atoms with van der Waals surface area (Å²) in [5.74, 6) is -0.683. The van der Waals surface area contributed by atoms with Gasteiger partial charge in [0.15, 0.2) is 0 Å². The molecule has 0 radical (unpaired) electrons. The van der Waals surface area contributed by atoms with E-state index < -0.39 is 5.97 Å². The van der Waals surface area contributed by atoms with E-state index in [1.165, 1.54) is 6.07 Å². The van der Waals surface area contributed by atoms with E-state index >= 15 is 0 Å². The lowest BCUT2D eigenvalue weighted by atomic mass is 10.0. The van der Waals surface area contributed by atoms with E-state index in [1.807, 2.05) is 30.3 Å². The summed E-state index contributed by atoms with van der Waals surface area (Å²) in [6.07, 6.45) is 0. The highest BCUT2D eigenvalue weighted by molar-refractivity contribution is 6.31. The highest BCUT2D eigenvalue weighted by atomic mass is 35.5. The molecule has 0 amide bonds. The van der Waals surface area contributed by atoms with Gasteiger partial charge in [0.05, 0.1) is 0 Å². The fraction of sp³-hybridized carbons (Fsp3) is 0.316. The molecule has 6 heteroatoms. The zero-order valence-corrected chi connectivity index (χ0v) is 15.9. The van der Waals surface area contributed by atoms with E-state index in [0.29, 0.717) is 17.1 Å². The van der Waals surface area contributed by atoms with Gasteiger partial charge in [-0.3, -0.25) is 0 Å². The van der Waals surface area contributed by atoms with Crippen LogP contribution in [0.25, 0.3) is 11.1 Å². The molecule has 0 aliphatic heterocycles. The van der Waals surface area contributed by atoms with Gasteiger partial charge >= 0.3 is 5.97 Å². The van der Waals surface area contributed by atoms with Crippen LogP contribution in [0.15, 0.2) is 42.5 Å². The number of aromatic hydroxyl groups is 1. The Morgan fingerprint density at radius 3 is 2.40 bits per heavy atom. The number of phenolic OH excluding ortho intramolecular Hbond substituents is 1. The van der Waals surface area contributed by atoms with Gasteiger partial charge in [0.25, 0.3) is 0 Å². The lowest BCUT2D eigenvalue weighted by Gasteiger charge is -2.18. The molecule has 25 heavy (non-hydrogen) atoms. The van der Waals surface area contributed by atoms with Gasteiger partial charge in [-0.15, -0.1) is 12.4 Å². The van der Waals surface area contributed by atoms with Crippen LogP contribution in [0.1, 0.15) is 24.2 Å². The van der Waals surface area contributed by atoms with Crippen molar-refractivity contribution in [3.05, 3.63) is 53.1 Å². The zero-order valence-electron chi connectivity index (χ0n) is 14.4. The number of nitrogens with zero attached hydrogens (tertiary/aromatic N) is 1. The summed E-state index contributed by atoms with van der Waals surface area (Å²) in [7, 11) is 0. The van der Waals surface area contributed by atoms with Crippen molar-refractivity contribution >= 4 is 30.0 Å². The lowest BCUT2D eigenvalue weighted by Crippen LogP contribution is -2.27. The maximum Gasteiger partial charge on any atom is 0.342 e. The molecule has 2 aromatic carbocycles. The Morgan fingerprint density at radius 1 is 1.16 bits per heavy atom. The maximum atomic E-state index is 12.3. The predicted octanol–water partition coefficient (Wildman–Crippen LogP) is 4.63. The molecule has 0 spiro atoms. The molecule has 0 bridgehead atoms. The molecule has 0 aliphatic rings. The Bertz CT molecular complexity index is 689. The third-order valence-corrected chi connectivity index (χ3v) is 4.13. The highest BCUT2D eigenvalue weighted by Crippen LogP contribution is 2.35. The normalized spacial score (nSPS) is 10.4. The van der Waals surface area contributed by atoms with Crippen LogP contribution >= 0.6 is 24.0 Å². The minimum absolute atomic E-state index is 0. The smallest absolute Gasteiger partial charge is 0.342 e. The van der Waals surface area contributed by atoms with Gasteiger partial charge in [0.1, 0.15) is 17.9 Å². The first kappa shape index (κ1) is 21.3. The summed E-state index contributed by atoms with van der Waals surface area (Å²) < 4.78 is 5.29. The van der Waals surface area contributed by atoms with Gasteiger partial charge in [-0.05, 0) is 30.8 Å². The van der Waals surface area contributed by atoms with Gasteiger partial charge in [-0.1, -0.05) is 55.8 Å². The number of rotatable bonds is 7. The van der Waals surface area contributed by atoms with Crippen molar-refractivity contribution in [1.82, 2.24) is 4.90 Å². The standard InChI is InChI=1S/C19H22ClNO3.ClH/c1-3-21(4-2)10-11-24-19(23)17-13-15(20)12-16(18(17)22)14-8-6-5-7-9-14;/h5-9,12-13,22H,3-4,10-11H2,1-2H3;1H. The topological polar surface area (TPSA) is 49.8 Å². The molecular formula is C19H23Cl2NO3. The third kappa shape index (κ3) is 5.63. The number of likely N-dealkylation sites (N-methyl/N-ethyl adjacent to an activating group) is 1. The van der Waals surface area contributed by atoms with Crippen LogP contribution in [-0.4, -0.2) is 42.2 Å². The Labute approximate surface area is 159 Å². The molecule has 2 rings (SSSR count). The number of carbonyl (C=O) groups excluding carboxylic acids is 1. The molecular weight excluding hydrogens is 361 g/mol. The number of phenols is 1. The molecule has 0 aliphatic carbocycles. The molecule has 0 atom stereocenters. The molecule has 4 nitrogen and oxygen atoms in total. The third-order valence-electron chi connectivity index (χ3n) is 3.91. The van der Waals surface area contributed by atoms with E-state index in [2.05, 4.69) is 18.7 Å². The number of carbonyl (C=O) groups is 1. The second-order valence-electron chi connectivity index (χ2n) is 5.38. The SMILES string of the molecule is CCN(CC)CCOC(=O)c1cc(Cl)cc(-c2ccccc2)c1O.Cl. The fourth-order valence-corrected chi connectivity index (χ4v) is 2.70. The minimum atomic E-state index is -0.570. The summed E-state index contributed by atoms with van der Waals surface area (Å²) in [4.78, 5) is 14.5. The van der Waals surface area contributed by atoms with Crippen LogP contribution in [-0.2, 0) is 4.74 Å². The van der Waals surface area contributed by atoms with Crippen molar-refractivity contribution in [2.45, 2.75) is 13.8 Å². The minimum Gasteiger partial charge on any atom is -0.506 e. The summed E-state index contributed by atoms with van der Waals surface area (Å²) in [6, 6.07) is 12.4. The van der Waals surface area contributed by atoms with E-state index in [0.717, 1.165) is 18.7 Å². The molecule has 0 fully saturated rings. The van der Waals surface area contributed by atoms with Crippen LogP contribution in [0.5, 0.6) is 5.75 Å². The van der Waals surface area contributed by atoms with E-state index in [4.69, 9.17) is 16.3 Å². The quantitative estimate of drug-likeness (QED) is 0.707. The van der Waals surface area contributed by atoms with Crippen molar-refractivity contribution in [3.63, 3.8) is 0 Å². The van der Waals surface area contributed by atoms with Gasteiger partial charge in [0, 0.05) is 17.1 Å². The van der Waals surface area contributed by atoms with Crippen LogP contribution < -0.4 is 0 Å². The first-order valence-electron chi connectivity index (χ1n) is 8.04. The first-order chi connectivity index (χ1) is 11.6. The molecule has 1 N–H and O–H groups in total. The van der Waals surface area contributed by atoms with Crippen LogP contribution in [0, 0.1) is 0 Å². The number of hydrogen-bond donors (Lipinski definition) is 1. The number of esters is 1. The Morgan fingerprint density at radius 2 is 1.80 bits per heavy atom. The molecule has 0 unspecified atom stereocenters. The molecule has 0 heterocycles.